The summed E-state index contributed by atoms with van der Waals surface area (Å²) in [5.74, 6) is -1.03. The van der Waals surface area contributed by atoms with Crippen LogP contribution in [-0.2, 0) is 4.74 Å². The van der Waals surface area contributed by atoms with Gasteiger partial charge in [-0.15, -0.1) is 9.90 Å². The summed E-state index contributed by atoms with van der Waals surface area (Å²) in [6.45, 7) is 1.95. The number of nitrogens with zero attached hydrogens (tertiary/aromatic N) is 3. The van der Waals surface area contributed by atoms with Crippen LogP contribution < -0.4 is 0 Å². The average molecular weight is 235 g/mol. The zero-order valence-corrected chi connectivity index (χ0v) is 9.13. The molecule has 17 heavy (non-hydrogen) atoms. The smallest absolute Gasteiger partial charge is 0.360 e. The Bertz CT molecular complexity index is 539. The van der Waals surface area contributed by atoms with E-state index >= 15 is 0 Å². The fourth-order valence-corrected chi connectivity index (χ4v) is 1.29. The molecule has 0 amide bonds. The van der Waals surface area contributed by atoms with Gasteiger partial charge in [-0.25, -0.2) is 9.18 Å². The molecule has 0 atom stereocenters. The number of carbonyl (C=O) groups excluding carboxylic acids is 1. The highest BCUT2D eigenvalue weighted by Crippen LogP contribution is 2.10. The molecule has 2 aromatic rings. The van der Waals surface area contributed by atoms with Gasteiger partial charge in [0.2, 0.25) is 0 Å². The van der Waals surface area contributed by atoms with Crippen molar-refractivity contribution in [3.8, 4) is 5.69 Å². The van der Waals surface area contributed by atoms with E-state index in [1.165, 1.54) is 18.3 Å². The number of hydrogen-bond acceptors (Lipinski definition) is 4. The van der Waals surface area contributed by atoms with Gasteiger partial charge in [-0.3, -0.25) is 0 Å². The number of benzene rings is 1. The molecule has 1 aromatic carbocycles. The molecule has 0 radical (unpaired) electrons. The Morgan fingerprint density at radius 3 is 2.94 bits per heavy atom. The number of rotatable bonds is 3. The number of esters is 1. The van der Waals surface area contributed by atoms with Gasteiger partial charge in [0.1, 0.15) is 5.69 Å². The Morgan fingerprint density at radius 1 is 1.47 bits per heavy atom. The summed E-state index contributed by atoms with van der Waals surface area (Å²) in [5, 5.41) is 7.67. The van der Waals surface area contributed by atoms with Crippen LogP contribution in [0, 0.1) is 5.82 Å². The second kappa shape index (κ2) is 4.73. The molecule has 0 unspecified atom stereocenters. The number of carbonyl (C=O) groups is 1. The van der Waals surface area contributed by atoms with Crippen LogP contribution in [0.1, 0.15) is 17.4 Å². The number of hydrogen-bond donors (Lipinski definition) is 0. The summed E-state index contributed by atoms with van der Waals surface area (Å²) in [4.78, 5) is 12.4. The molecule has 5 nitrogen and oxygen atoms in total. The lowest BCUT2D eigenvalue weighted by Gasteiger charge is -2.00. The van der Waals surface area contributed by atoms with Crippen LogP contribution in [0.4, 0.5) is 4.39 Å². The van der Waals surface area contributed by atoms with Crippen LogP contribution in [0.3, 0.4) is 0 Å². The first-order valence-electron chi connectivity index (χ1n) is 5.06. The Hall–Kier alpha value is -2.24. The van der Waals surface area contributed by atoms with Crippen molar-refractivity contribution in [2.75, 3.05) is 6.61 Å². The van der Waals surface area contributed by atoms with Crippen LogP contribution in [0.5, 0.6) is 0 Å². The van der Waals surface area contributed by atoms with Gasteiger partial charge in [-0.1, -0.05) is 12.1 Å². The summed E-state index contributed by atoms with van der Waals surface area (Å²) < 4.78 is 18.2. The molecule has 0 aliphatic carbocycles. The molecule has 1 aromatic heterocycles. The maximum atomic E-state index is 13.4. The first-order valence-corrected chi connectivity index (χ1v) is 5.06. The molecule has 0 saturated carbocycles. The topological polar surface area (TPSA) is 57.0 Å². The van der Waals surface area contributed by atoms with Crippen molar-refractivity contribution in [2.24, 2.45) is 0 Å². The Morgan fingerprint density at radius 2 is 2.24 bits per heavy atom. The van der Waals surface area contributed by atoms with Gasteiger partial charge < -0.3 is 4.74 Å². The number of halogens is 1. The monoisotopic (exact) mass is 235 g/mol. The van der Waals surface area contributed by atoms with Crippen LogP contribution >= 0.6 is 0 Å². The predicted octanol–water partition coefficient (Wildman–Crippen LogP) is 1.58. The second-order valence-electron chi connectivity index (χ2n) is 3.19. The van der Waals surface area contributed by atoms with Crippen molar-refractivity contribution in [3.05, 3.63) is 42.0 Å². The molecule has 0 aliphatic rings. The zero-order valence-electron chi connectivity index (χ0n) is 9.13. The highest BCUT2D eigenvalue weighted by Gasteiger charge is 2.13. The van der Waals surface area contributed by atoms with Gasteiger partial charge in [-0.05, 0) is 19.1 Å². The van der Waals surface area contributed by atoms with Crippen LogP contribution in [0.15, 0.2) is 30.5 Å². The summed E-state index contributed by atoms with van der Waals surface area (Å²) in [6.07, 6.45) is 1.24. The van der Waals surface area contributed by atoms with Gasteiger partial charge in [-0.2, -0.15) is 5.10 Å². The van der Waals surface area contributed by atoms with Crippen molar-refractivity contribution in [3.63, 3.8) is 0 Å². The van der Waals surface area contributed by atoms with Crippen molar-refractivity contribution in [1.29, 1.82) is 0 Å². The lowest BCUT2D eigenvalue weighted by atomic mass is 10.3. The summed E-state index contributed by atoms with van der Waals surface area (Å²) >= 11 is 0. The number of para-hydroxylation sites is 1. The minimum absolute atomic E-state index is 0.0510. The van der Waals surface area contributed by atoms with E-state index in [0.717, 1.165) is 4.80 Å². The first kappa shape index (κ1) is 11.3. The van der Waals surface area contributed by atoms with Gasteiger partial charge in [0.15, 0.2) is 11.5 Å². The Balaban J connectivity index is 2.30. The SMILES string of the molecule is CCOC(=O)c1cnn(-c2ccccc2F)n1. The van der Waals surface area contributed by atoms with Crippen molar-refractivity contribution >= 4 is 5.97 Å². The molecule has 1 heterocycles. The molecular weight excluding hydrogens is 225 g/mol. The Labute approximate surface area is 96.8 Å². The van der Waals surface area contributed by atoms with E-state index in [1.54, 1.807) is 19.1 Å². The molecule has 2 rings (SSSR count). The lowest BCUT2D eigenvalue weighted by Crippen LogP contribution is -2.07. The quantitative estimate of drug-likeness (QED) is 0.758. The molecule has 0 fully saturated rings. The third-order valence-electron chi connectivity index (χ3n) is 2.04. The summed E-state index contributed by atoms with van der Waals surface area (Å²) in [5.41, 5.74) is 0.234. The van der Waals surface area contributed by atoms with E-state index in [2.05, 4.69) is 10.2 Å². The molecular formula is C11H10FN3O2. The van der Waals surface area contributed by atoms with E-state index in [-0.39, 0.29) is 18.0 Å². The molecule has 0 aliphatic heterocycles. The second-order valence-corrected chi connectivity index (χ2v) is 3.19. The van der Waals surface area contributed by atoms with E-state index in [0.29, 0.717) is 0 Å². The third-order valence-corrected chi connectivity index (χ3v) is 2.04. The summed E-state index contributed by atoms with van der Waals surface area (Å²) in [7, 11) is 0. The fourth-order valence-electron chi connectivity index (χ4n) is 1.29. The number of ether oxygens (including phenoxy) is 1. The van der Waals surface area contributed by atoms with Gasteiger partial charge in [0, 0.05) is 0 Å². The van der Waals surface area contributed by atoms with E-state index < -0.39 is 11.8 Å². The van der Waals surface area contributed by atoms with Gasteiger partial charge in [0.05, 0.1) is 12.8 Å². The summed E-state index contributed by atoms with van der Waals surface area (Å²) in [6, 6.07) is 6.04. The van der Waals surface area contributed by atoms with Crippen molar-refractivity contribution in [1.82, 2.24) is 15.0 Å². The molecule has 0 bridgehead atoms. The molecule has 0 saturated heterocycles. The predicted molar refractivity (Wildman–Crippen MR) is 57.3 cm³/mol. The highest BCUT2D eigenvalue weighted by atomic mass is 19.1. The van der Waals surface area contributed by atoms with Crippen LogP contribution in [-0.4, -0.2) is 27.6 Å². The average Bonchev–Trinajstić information content (AvgIpc) is 2.79. The van der Waals surface area contributed by atoms with E-state index in [4.69, 9.17) is 4.74 Å². The maximum Gasteiger partial charge on any atom is 0.360 e. The molecule has 0 N–H and O–H groups in total. The minimum Gasteiger partial charge on any atom is -0.461 e. The number of aromatic nitrogens is 3. The Kier molecular flexibility index (Phi) is 3.13. The normalized spacial score (nSPS) is 10.2. The van der Waals surface area contributed by atoms with Gasteiger partial charge in [0.25, 0.3) is 0 Å². The standard InChI is InChI=1S/C11H10FN3O2/c1-2-17-11(16)9-7-13-15(14-9)10-6-4-3-5-8(10)12/h3-7H,2H2,1H3. The van der Waals surface area contributed by atoms with E-state index in [9.17, 15) is 9.18 Å². The maximum absolute atomic E-state index is 13.4. The van der Waals surface area contributed by atoms with E-state index in [1.807, 2.05) is 0 Å². The minimum atomic E-state index is -0.574. The molecule has 6 heteroatoms. The zero-order chi connectivity index (χ0) is 12.3. The van der Waals surface area contributed by atoms with Crippen molar-refractivity contribution < 1.29 is 13.9 Å². The van der Waals surface area contributed by atoms with Crippen LogP contribution in [0.25, 0.3) is 5.69 Å². The lowest BCUT2D eigenvalue weighted by molar-refractivity contribution is 0.0519. The van der Waals surface area contributed by atoms with Crippen molar-refractivity contribution in [2.45, 2.75) is 6.92 Å². The molecule has 0 spiro atoms. The highest BCUT2D eigenvalue weighted by molar-refractivity contribution is 5.86. The fraction of sp³-hybridized carbons (Fsp3) is 0.182. The van der Waals surface area contributed by atoms with Gasteiger partial charge >= 0.3 is 5.97 Å². The van der Waals surface area contributed by atoms with Crippen LogP contribution in [0.2, 0.25) is 0 Å². The first-order chi connectivity index (χ1) is 8.22. The third kappa shape index (κ3) is 2.30. The molecule has 88 valence electrons. The largest absolute Gasteiger partial charge is 0.461 e.